The highest BCUT2D eigenvalue weighted by molar-refractivity contribution is 5.84. The second-order valence-electron chi connectivity index (χ2n) is 6.56. The number of hydrogen-bond acceptors (Lipinski definition) is 3. The smallest absolute Gasteiger partial charge is 0.303 e. The SMILES string of the molecule is O=C(O)CCc1cc2cc(-c3cccc(OC4CCC4)c3)ccc2o1. The lowest BCUT2D eigenvalue weighted by Gasteiger charge is -2.26. The van der Waals surface area contributed by atoms with Crippen LogP contribution in [0.5, 0.6) is 5.75 Å². The molecule has 0 radical (unpaired) electrons. The lowest BCUT2D eigenvalue weighted by Crippen LogP contribution is -2.24. The Morgan fingerprint density at radius 2 is 1.96 bits per heavy atom. The van der Waals surface area contributed by atoms with Gasteiger partial charge in [0.05, 0.1) is 12.5 Å². The van der Waals surface area contributed by atoms with Crippen LogP contribution in [0, 0.1) is 0 Å². The molecule has 1 aliphatic rings. The molecule has 128 valence electrons. The lowest BCUT2D eigenvalue weighted by molar-refractivity contribution is -0.137. The van der Waals surface area contributed by atoms with Gasteiger partial charge in [0.25, 0.3) is 0 Å². The standard InChI is InChI=1S/C21H20O4/c22-21(23)10-8-19-13-16-11-15(7-9-20(16)25-19)14-3-1-6-18(12-14)24-17-4-2-5-17/h1,3,6-7,9,11-13,17H,2,4-5,8,10H2,(H,22,23). The molecule has 0 aliphatic heterocycles. The molecule has 1 saturated carbocycles. The van der Waals surface area contributed by atoms with Gasteiger partial charge in [-0.15, -0.1) is 0 Å². The molecule has 1 fully saturated rings. The number of benzene rings is 2. The summed E-state index contributed by atoms with van der Waals surface area (Å²) < 4.78 is 11.7. The fraction of sp³-hybridized carbons (Fsp3) is 0.286. The first kappa shape index (κ1) is 15.8. The molecular weight excluding hydrogens is 316 g/mol. The predicted octanol–water partition coefficient (Wildman–Crippen LogP) is 5.05. The average Bonchev–Trinajstić information content (AvgIpc) is 2.98. The number of ether oxygens (including phenoxy) is 1. The van der Waals surface area contributed by atoms with E-state index < -0.39 is 5.97 Å². The van der Waals surface area contributed by atoms with Crippen LogP contribution in [-0.4, -0.2) is 17.2 Å². The van der Waals surface area contributed by atoms with E-state index in [0.29, 0.717) is 18.3 Å². The first-order valence-corrected chi connectivity index (χ1v) is 8.69. The molecule has 25 heavy (non-hydrogen) atoms. The zero-order chi connectivity index (χ0) is 17.2. The van der Waals surface area contributed by atoms with Crippen molar-refractivity contribution in [1.29, 1.82) is 0 Å². The van der Waals surface area contributed by atoms with Crippen LogP contribution in [0.15, 0.2) is 52.9 Å². The number of aliphatic carboxylic acids is 1. The molecule has 2 aromatic carbocycles. The van der Waals surface area contributed by atoms with Crippen molar-refractivity contribution < 1.29 is 19.1 Å². The number of hydrogen-bond donors (Lipinski definition) is 1. The highest BCUT2D eigenvalue weighted by Gasteiger charge is 2.19. The number of carboxylic acid groups (broad SMARTS) is 1. The molecule has 4 nitrogen and oxygen atoms in total. The summed E-state index contributed by atoms with van der Waals surface area (Å²) in [5.74, 6) is 0.803. The molecule has 0 saturated heterocycles. The summed E-state index contributed by atoms with van der Waals surface area (Å²) >= 11 is 0. The van der Waals surface area contributed by atoms with E-state index >= 15 is 0 Å². The maximum Gasteiger partial charge on any atom is 0.303 e. The summed E-state index contributed by atoms with van der Waals surface area (Å²) in [6, 6.07) is 16.1. The second-order valence-corrected chi connectivity index (χ2v) is 6.56. The number of carbonyl (C=O) groups is 1. The molecule has 0 unspecified atom stereocenters. The summed E-state index contributed by atoms with van der Waals surface area (Å²) in [7, 11) is 0. The summed E-state index contributed by atoms with van der Waals surface area (Å²) in [6.45, 7) is 0. The second kappa shape index (κ2) is 6.63. The Morgan fingerprint density at radius 3 is 2.72 bits per heavy atom. The molecule has 0 amide bonds. The lowest BCUT2D eigenvalue weighted by atomic mass is 9.96. The van der Waals surface area contributed by atoms with E-state index in [1.165, 1.54) is 6.42 Å². The minimum atomic E-state index is -0.815. The minimum absolute atomic E-state index is 0.0766. The molecule has 3 aromatic rings. The van der Waals surface area contributed by atoms with Crippen molar-refractivity contribution in [1.82, 2.24) is 0 Å². The van der Waals surface area contributed by atoms with Crippen molar-refractivity contribution in [3.63, 3.8) is 0 Å². The quantitative estimate of drug-likeness (QED) is 0.684. The van der Waals surface area contributed by atoms with Crippen LogP contribution < -0.4 is 4.74 Å². The Hall–Kier alpha value is -2.75. The van der Waals surface area contributed by atoms with Crippen LogP contribution in [0.25, 0.3) is 22.1 Å². The maximum absolute atomic E-state index is 10.7. The Labute approximate surface area is 146 Å². The largest absolute Gasteiger partial charge is 0.490 e. The number of carboxylic acids is 1. The Bertz CT molecular complexity index is 905. The maximum atomic E-state index is 10.7. The van der Waals surface area contributed by atoms with Gasteiger partial charge < -0.3 is 14.3 Å². The molecule has 1 aliphatic carbocycles. The zero-order valence-corrected chi connectivity index (χ0v) is 13.9. The molecule has 0 bridgehead atoms. The highest BCUT2D eigenvalue weighted by atomic mass is 16.5. The monoisotopic (exact) mass is 336 g/mol. The fourth-order valence-corrected chi connectivity index (χ4v) is 3.06. The molecule has 1 heterocycles. The zero-order valence-electron chi connectivity index (χ0n) is 13.9. The topological polar surface area (TPSA) is 59.7 Å². The third-order valence-electron chi connectivity index (χ3n) is 4.67. The van der Waals surface area contributed by atoms with E-state index in [-0.39, 0.29) is 6.42 Å². The van der Waals surface area contributed by atoms with E-state index in [9.17, 15) is 4.79 Å². The van der Waals surface area contributed by atoms with E-state index in [1.54, 1.807) is 0 Å². The Morgan fingerprint density at radius 1 is 1.12 bits per heavy atom. The number of aryl methyl sites for hydroxylation is 1. The summed E-state index contributed by atoms with van der Waals surface area (Å²) in [4.78, 5) is 10.7. The van der Waals surface area contributed by atoms with E-state index in [1.807, 2.05) is 30.3 Å². The minimum Gasteiger partial charge on any atom is -0.490 e. The third-order valence-corrected chi connectivity index (χ3v) is 4.67. The summed E-state index contributed by atoms with van der Waals surface area (Å²) in [5.41, 5.74) is 2.98. The van der Waals surface area contributed by atoms with Crippen molar-refractivity contribution in [2.45, 2.75) is 38.2 Å². The molecule has 4 heteroatoms. The van der Waals surface area contributed by atoms with E-state index in [0.717, 1.165) is 40.7 Å². The van der Waals surface area contributed by atoms with Gasteiger partial charge in [-0.1, -0.05) is 18.2 Å². The van der Waals surface area contributed by atoms with Gasteiger partial charge in [0, 0.05) is 11.8 Å². The molecule has 1 N–H and O–H groups in total. The van der Waals surface area contributed by atoms with E-state index in [2.05, 4.69) is 18.2 Å². The number of fused-ring (bicyclic) bond motifs is 1. The van der Waals surface area contributed by atoms with Gasteiger partial charge in [-0.05, 0) is 60.7 Å². The van der Waals surface area contributed by atoms with Gasteiger partial charge in [-0.3, -0.25) is 4.79 Å². The first-order chi connectivity index (χ1) is 12.2. The van der Waals surface area contributed by atoms with Crippen LogP contribution in [-0.2, 0) is 11.2 Å². The highest BCUT2D eigenvalue weighted by Crippen LogP contribution is 2.31. The molecule has 4 rings (SSSR count). The van der Waals surface area contributed by atoms with Crippen molar-refractivity contribution in [3.8, 4) is 16.9 Å². The summed E-state index contributed by atoms with van der Waals surface area (Å²) in [6.07, 6.45) is 4.39. The van der Waals surface area contributed by atoms with Crippen molar-refractivity contribution in [3.05, 3.63) is 54.3 Å². The Balaban J connectivity index is 1.58. The third kappa shape index (κ3) is 3.53. The molecule has 0 spiro atoms. The normalized spacial score (nSPS) is 14.4. The predicted molar refractivity (Wildman–Crippen MR) is 95.9 cm³/mol. The van der Waals surface area contributed by atoms with Crippen molar-refractivity contribution >= 4 is 16.9 Å². The van der Waals surface area contributed by atoms with E-state index in [4.69, 9.17) is 14.3 Å². The van der Waals surface area contributed by atoms with Gasteiger partial charge in [-0.2, -0.15) is 0 Å². The summed E-state index contributed by atoms with van der Waals surface area (Å²) in [5, 5.41) is 9.79. The van der Waals surface area contributed by atoms with Gasteiger partial charge in [0.1, 0.15) is 17.1 Å². The molecular formula is C21H20O4. The van der Waals surface area contributed by atoms with Gasteiger partial charge in [0.15, 0.2) is 0 Å². The van der Waals surface area contributed by atoms with Gasteiger partial charge in [-0.25, -0.2) is 0 Å². The number of rotatable bonds is 6. The van der Waals surface area contributed by atoms with Gasteiger partial charge >= 0.3 is 5.97 Å². The van der Waals surface area contributed by atoms with Crippen LogP contribution in [0.2, 0.25) is 0 Å². The van der Waals surface area contributed by atoms with Crippen LogP contribution >= 0.6 is 0 Å². The molecule has 1 aromatic heterocycles. The van der Waals surface area contributed by atoms with Crippen LogP contribution in [0.1, 0.15) is 31.4 Å². The first-order valence-electron chi connectivity index (χ1n) is 8.69. The molecule has 0 atom stereocenters. The average molecular weight is 336 g/mol. The Kier molecular flexibility index (Phi) is 4.18. The van der Waals surface area contributed by atoms with Crippen LogP contribution in [0.3, 0.4) is 0 Å². The van der Waals surface area contributed by atoms with Crippen LogP contribution in [0.4, 0.5) is 0 Å². The van der Waals surface area contributed by atoms with Gasteiger partial charge in [0.2, 0.25) is 0 Å². The number of furan rings is 1. The fourth-order valence-electron chi connectivity index (χ4n) is 3.06. The van der Waals surface area contributed by atoms with Crippen molar-refractivity contribution in [2.24, 2.45) is 0 Å². The van der Waals surface area contributed by atoms with Crippen molar-refractivity contribution in [2.75, 3.05) is 0 Å².